The zero-order valence-electron chi connectivity index (χ0n) is 13.1. The van der Waals surface area contributed by atoms with Crippen LogP contribution >= 0.6 is 23.2 Å². The maximum Gasteiger partial charge on any atom is 0.243 e. The maximum atomic E-state index is 12.5. The summed E-state index contributed by atoms with van der Waals surface area (Å²) in [6, 6.07) is 3.73. The molecule has 23 heavy (non-hydrogen) atoms. The Kier molecular flexibility index (Phi) is 5.81. The van der Waals surface area contributed by atoms with Gasteiger partial charge in [-0.2, -0.15) is 0 Å². The number of rotatable bonds is 5. The monoisotopic (exact) mass is 378 g/mol. The Hall–Kier alpha value is -0.980. The van der Waals surface area contributed by atoms with Crippen LogP contribution in [0.3, 0.4) is 0 Å². The van der Waals surface area contributed by atoms with Crippen molar-refractivity contribution in [2.75, 3.05) is 10.6 Å². The first kappa shape index (κ1) is 18.4. The van der Waals surface area contributed by atoms with E-state index in [9.17, 15) is 13.2 Å². The van der Waals surface area contributed by atoms with Crippen molar-refractivity contribution in [3.63, 3.8) is 0 Å². The lowest BCUT2D eigenvalue weighted by Crippen LogP contribution is -2.50. The highest BCUT2D eigenvalue weighted by Gasteiger charge is 2.32. The summed E-state index contributed by atoms with van der Waals surface area (Å²) in [6.07, 6.45) is 5.05. The summed E-state index contributed by atoms with van der Waals surface area (Å²) < 4.78 is 25.5. The molecule has 0 heterocycles. The van der Waals surface area contributed by atoms with Crippen LogP contribution in [-0.4, -0.2) is 32.7 Å². The maximum absolute atomic E-state index is 12.5. The molecule has 0 spiro atoms. The Bertz CT molecular complexity index is 688. The second-order valence-corrected chi connectivity index (χ2v) is 8.52. The van der Waals surface area contributed by atoms with Crippen molar-refractivity contribution in [1.29, 1.82) is 0 Å². The lowest BCUT2D eigenvalue weighted by Gasteiger charge is -2.30. The molecule has 1 amide bonds. The predicted octanol–water partition coefficient (Wildman–Crippen LogP) is 3.21. The molecule has 0 aliphatic heterocycles. The lowest BCUT2D eigenvalue weighted by atomic mass is 10.2. The summed E-state index contributed by atoms with van der Waals surface area (Å²) in [6.45, 7) is 1.54. The number of benzene rings is 1. The molecule has 1 aromatic rings. The van der Waals surface area contributed by atoms with Crippen molar-refractivity contribution >= 4 is 44.8 Å². The Labute approximate surface area is 147 Å². The molecular weight excluding hydrogens is 359 g/mol. The van der Waals surface area contributed by atoms with E-state index in [-0.39, 0.29) is 22.7 Å². The van der Waals surface area contributed by atoms with Crippen LogP contribution in [0.15, 0.2) is 18.2 Å². The highest BCUT2D eigenvalue weighted by Crippen LogP contribution is 2.32. The summed E-state index contributed by atoms with van der Waals surface area (Å²) in [4.78, 5) is 12.5. The molecule has 1 aromatic carbocycles. The normalized spacial score (nSPS) is 17.0. The van der Waals surface area contributed by atoms with Gasteiger partial charge in [0.15, 0.2) is 0 Å². The Morgan fingerprint density at radius 2 is 1.91 bits per heavy atom. The summed E-state index contributed by atoms with van der Waals surface area (Å²) in [5.41, 5.74) is 0.204. The number of sulfonamides is 1. The minimum Gasteiger partial charge on any atom is -0.352 e. The molecule has 0 bridgehead atoms. The van der Waals surface area contributed by atoms with E-state index in [1.807, 2.05) is 0 Å². The van der Waals surface area contributed by atoms with Crippen LogP contribution in [0, 0.1) is 0 Å². The first-order valence-electron chi connectivity index (χ1n) is 7.45. The van der Waals surface area contributed by atoms with Crippen LogP contribution in [-0.2, 0) is 14.8 Å². The van der Waals surface area contributed by atoms with Crippen molar-refractivity contribution in [3.8, 4) is 0 Å². The summed E-state index contributed by atoms with van der Waals surface area (Å²) in [5.74, 6) is -0.335. The first-order valence-corrected chi connectivity index (χ1v) is 10.1. The van der Waals surface area contributed by atoms with Crippen LogP contribution in [0.5, 0.6) is 0 Å². The van der Waals surface area contributed by atoms with Gasteiger partial charge >= 0.3 is 0 Å². The van der Waals surface area contributed by atoms with E-state index in [0.29, 0.717) is 5.02 Å². The van der Waals surface area contributed by atoms with Crippen LogP contribution in [0.1, 0.15) is 32.6 Å². The molecular formula is C15H20Cl2N2O3S. The molecule has 0 aromatic heterocycles. The van der Waals surface area contributed by atoms with Crippen molar-refractivity contribution in [2.24, 2.45) is 0 Å². The smallest absolute Gasteiger partial charge is 0.243 e. The van der Waals surface area contributed by atoms with Crippen molar-refractivity contribution < 1.29 is 13.2 Å². The van der Waals surface area contributed by atoms with Gasteiger partial charge in [0.1, 0.15) is 6.04 Å². The second kappa shape index (κ2) is 7.28. The predicted molar refractivity (Wildman–Crippen MR) is 93.6 cm³/mol. The molecule has 1 fully saturated rings. The molecule has 1 atom stereocenters. The highest BCUT2D eigenvalue weighted by atomic mass is 35.5. The van der Waals surface area contributed by atoms with E-state index in [0.717, 1.165) is 36.2 Å². The number of nitrogens with zero attached hydrogens (tertiary/aromatic N) is 1. The largest absolute Gasteiger partial charge is 0.352 e. The topological polar surface area (TPSA) is 66.5 Å². The van der Waals surface area contributed by atoms with E-state index in [1.165, 1.54) is 12.1 Å². The third-order valence-electron chi connectivity index (χ3n) is 3.94. The number of carbonyl (C=O) groups is 1. The first-order chi connectivity index (χ1) is 10.7. The molecule has 5 nitrogen and oxygen atoms in total. The molecule has 128 valence electrons. The van der Waals surface area contributed by atoms with Crippen molar-refractivity contribution in [3.05, 3.63) is 28.2 Å². The van der Waals surface area contributed by atoms with Gasteiger partial charge in [-0.3, -0.25) is 9.10 Å². The number of hydrogen-bond donors (Lipinski definition) is 1. The molecule has 1 aliphatic rings. The summed E-state index contributed by atoms with van der Waals surface area (Å²) in [5, 5.41) is 3.49. The molecule has 0 radical (unpaired) electrons. The van der Waals surface area contributed by atoms with Crippen molar-refractivity contribution in [1.82, 2.24) is 5.32 Å². The van der Waals surface area contributed by atoms with Crippen molar-refractivity contribution in [2.45, 2.75) is 44.7 Å². The number of carbonyl (C=O) groups excluding carboxylic acids is 1. The third-order valence-corrected chi connectivity index (χ3v) is 5.72. The SMILES string of the molecule is CC(C(=O)NC1CCCC1)N(c1cc(Cl)ccc1Cl)S(C)(=O)=O. The van der Waals surface area contributed by atoms with Gasteiger partial charge in [-0.15, -0.1) is 0 Å². The highest BCUT2D eigenvalue weighted by molar-refractivity contribution is 7.92. The Balaban J connectivity index is 2.31. The van der Waals surface area contributed by atoms with Gasteiger partial charge in [-0.25, -0.2) is 8.42 Å². The number of hydrogen-bond acceptors (Lipinski definition) is 3. The van der Waals surface area contributed by atoms with Gasteiger partial charge in [0, 0.05) is 11.1 Å². The molecule has 2 rings (SSSR count). The van der Waals surface area contributed by atoms with Gasteiger partial charge in [-0.05, 0) is 38.0 Å². The number of halogens is 2. The van der Waals surface area contributed by atoms with Gasteiger partial charge in [-0.1, -0.05) is 36.0 Å². The minimum absolute atomic E-state index is 0.112. The quantitative estimate of drug-likeness (QED) is 0.854. The lowest BCUT2D eigenvalue weighted by molar-refractivity contribution is -0.122. The minimum atomic E-state index is -3.71. The van der Waals surface area contributed by atoms with Gasteiger partial charge in [0.05, 0.1) is 17.0 Å². The zero-order valence-corrected chi connectivity index (χ0v) is 15.4. The molecule has 8 heteroatoms. The van der Waals surface area contributed by atoms with E-state index < -0.39 is 16.1 Å². The molecule has 1 aliphatic carbocycles. The zero-order chi connectivity index (χ0) is 17.2. The van der Waals surface area contributed by atoms with E-state index in [1.54, 1.807) is 13.0 Å². The van der Waals surface area contributed by atoms with Gasteiger partial charge < -0.3 is 5.32 Å². The molecule has 0 saturated heterocycles. The van der Waals surface area contributed by atoms with Gasteiger partial charge in [0.2, 0.25) is 15.9 Å². The van der Waals surface area contributed by atoms with E-state index in [4.69, 9.17) is 23.2 Å². The average Bonchev–Trinajstić information content (AvgIpc) is 2.94. The number of anilines is 1. The van der Waals surface area contributed by atoms with Crippen LogP contribution in [0.4, 0.5) is 5.69 Å². The molecule has 1 N–H and O–H groups in total. The molecule has 1 saturated carbocycles. The average molecular weight is 379 g/mol. The van der Waals surface area contributed by atoms with Crippen LogP contribution in [0.25, 0.3) is 0 Å². The van der Waals surface area contributed by atoms with E-state index >= 15 is 0 Å². The van der Waals surface area contributed by atoms with Gasteiger partial charge in [0.25, 0.3) is 0 Å². The van der Waals surface area contributed by atoms with E-state index in [2.05, 4.69) is 5.32 Å². The number of nitrogens with one attached hydrogen (secondary N) is 1. The second-order valence-electron chi connectivity index (χ2n) is 5.82. The summed E-state index contributed by atoms with van der Waals surface area (Å²) >= 11 is 12.1. The summed E-state index contributed by atoms with van der Waals surface area (Å²) in [7, 11) is -3.71. The fraction of sp³-hybridized carbons (Fsp3) is 0.533. The van der Waals surface area contributed by atoms with Crippen LogP contribution in [0.2, 0.25) is 10.0 Å². The Morgan fingerprint density at radius 1 is 1.30 bits per heavy atom. The Morgan fingerprint density at radius 3 is 2.48 bits per heavy atom. The fourth-order valence-corrected chi connectivity index (χ4v) is 4.43. The number of amides is 1. The molecule has 1 unspecified atom stereocenters. The van der Waals surface area contributed by atoms with Crippen LogP contribution < -0.4 is 9.62 Å². The standard InChI is InChI=1S/C15H20Cl2N2O3S/c1-10(15(20)18-12-5-3-4-6-12)19(23(2,21)22)14-9-11(16)7-8-13(14)17/h7-10,12H,3-6H2,1-2H3,(H,18,20). The fourth-order valence-electron chi connectivity index (χ4n) is 2.83. The third kappa shape index (κ3) is 4.52.